The third-order valence-corrected chi connectivity index (χ3v) is 3.60. The number of nitrogens with one attached hydrogen (secondary N) is 2. The number of piperazine rings is 1. The van der Waals surface area contributed by atoms with Crippen LogP contribution in [0.2, 0.25) is 0 Å². The second-order valence-electron chi connectivity index (χ2n) is 5.14. The minimum Gasteiger partial charge on any atom is -0.337 e. The highest BCUT2D eigenvalue weighted by Crippen LogP contribution is 2.45. The van der Waals surface area contributed by atoms with Crippen molar-refractivity contribution in [3.8, 4) is 0 Å². The highest BCUT2D eigenvalue weighted by Gasteiger charge is 2.37. The highest BCUT2D eigenvalue weighted by atomic mass is 15.4. The summed E-state index contributed by atoms with van der Waals surface area (Å²) in [7, 11) is 0. The first-order valence-electron chi connectivity index (χ1n) is 6.14. The Bertz CT molecular complexity index is 374. The molecule has 2 aliphatic rings. The second kappa shape index (κ2) is 3.73. The zero-order valence-electron chi connectivity index (χ0n) is 9.90. The second-order valence-corrected chi connectivity index (χ2v) is 5.14. The fourth-order valence-corrected chi connectivity index (χ4v) is 2.39. The summed E-state index contributed by atoms with van der Waals surface area (Å²) in [4.78, 5) is 6.87. The lowest BCUT2D eigenvalue weighted by molar-refractivity contribution is 0.479. The van der Waals surface area contributed by atoms with Crippen LogP contribution in [0.4, 0.5) is 5.95 Å². The highest BCUT2D eigenvalue weighted by molar-refractivity contribution is 5.31. The van der Waals surface area contributed by atoms with Crippen LogP contribution in [0.3, 0.4) is 0 Å². The van der Waals surface area contributed by atoms with Crippen molar-refractivity contribution in [1.82, 2.24) is 20.5 Å². The molecule has 3 rings (SSSR count). The Labute approximate surface area is 95.6 Å². The van der Waals surface area contributed by atoms with Crippen LogP contribution >= 0.6 is 0 Å². The van der Waals surface area contributed by atoms with Crippen LogP contribution in [0.15, 0.2) is 0 Å². The quantitative estimate of drug-likeness (QED) is 0.773. The Morgan fingerprint density at radius 2 is 2.19 bits per heavy atom. The lowest BCUT2D eigenvalue weighted by Gasteiger charge is -2.30. The van der Waals surface area contributed by atoms with E-state index in [0.717, 1.165) is 37.3 Å². The van der Waals surface area contributed by atoms with Gasteiger partial charge < -0.3 is 10.2 Å². The predicted molar refractivity (Wildman–Crippen MR) is 62.6 cm³/mol. The number of hydrogen-bond acceptors (Lipinski definition) is 4. The molecule has 88 valence electrons. The maximum Gasteiger partial charge on any atom is 0.244 e. The number of rotatable bonds is 2. The van der Waals surface area contributed by atoms with Gasteiger partial charge in [-0.3, -0.25) is 5.10 Å². The predicted octanol–water partition coefficient (Wildman–Crippen LogP) is 0.726. The molecule has 2 fully saturated rings. The van der Waals surface area contributed by atoms with E-state index in [2.05, 4.69) is 39.2 Å². The Hall–Kier alpha value is -1.10. The molecule has 3 unspecified atom stereocenters. The van der Waals surface area contributed by atoms with Crippen molar-refractivity contribution in [3.05, 3.63) is 5.82 Å². The van der Waals surface area contributed by atoms with Gasteiger partial charge in [-0.15, -0.1) is 5.10 Å². The minimum absolute atomic E-state index is 0.524. The number of H-pyrrole nitrogens is 1. The van der Waals surface area contributed by atoms with Crippen molar-refractivity contribution >= 4 is 5.95 Å². The van der Waals surface area contributed by atoms with E-state index in [9.17, 15) is 0 Å². The van der Waals surface area contributed by atoms with Crippen LogP contribution < -0.4 is 10.2 Å². The average molecular weight is 221 g/mol. The van der Waals surface area contributed by atoms with Gasteiger partial charge in [0.25, 0.3) is 0 Å². The summed E-state index contributed by atoms with van der Waals surface area (Å²) in [6, 6.07) is 0.524. The van der Waals surface area contributed by atoms with E-state index in [0.29, 0.717) is 12.0 Å². The lowest BCUT2D eigenvalue weighted by atomic mass is 10.2. The molecule has 1 aliphatic heterocycles. The molecule has 5 nitrogen and oxygen atoms in total. The maximum atomic E-state index is 4.61. The molecule has 5 heteroatoms. The van der Waals surface area contributed by atoms with Crippen molar-refractivity contribution in [1.29, 1.82) is 0 Å². The summed E-state index contributed by atoms with van der Waals surface area (Å²) in [6.45, 7) is 7.48. The van der Waals surface area contributed by atoms with Gasteiger partial charge in [0.15, 0.2) is 0 Å². The van der Waals surface area contributed by atoms with E-state index in [-0.39, 0.29) is 0 Å². The smallest absolute Gasteiger partial charge is 0.244 e. The first-order chi connectivity index (χ1) is 7.74. The summed E-state index contributed by atoms with van der Waals surface area (Å²) in [6.07, 6.45) is 1.26. The van der Waals surface area contributed by atoms with Gasteiger partial charge in [0, 0.05) is 31.6 Å². The van der Waals surface area contributed by atoms with E-state index in [1.165, 1.54) is 6.42 Å². The number of aromatic nitrogens is 3. The van der Waals surface area contributed by atoms with Crippen LogP contribution in [-0.2, 0) is 0 Å². The van der Waals surface area contributed by atoms with E-state index in [1.54, 1.807) is 0 Å². The Kier molecular flexibility index (Phi) is 2.35. The fraction of sp³-hybridized carbons (Fsp3) is 0.818. The summed E-state index contributed by atoms with van der Waals surface area (Å²) < 4.78 is 0. The van der Waals surface area contributed by atoms with Crippen LogP contribution in [0.5, 0.6) is 0 Å². The third-order valence-electron chi connectivity index (χ3n) is 3.60. The normalized spacial score (nSPS) is 34.1. The number of anilines is 1. The first-order valence-corrected chi connectivity index (χ1v) is 6.14. The molecule has 1 aliphatic carbocycles. The first kappa shape index (κ1) is 10.1. The van der Waals surface area contributed by atoms with Crippen molar-refractivity contribution in [2.45, 2.75) is 32.2 Å². The van der Waals surface area contributed by atoms with Gasteiger partial charge in [0.2, 0.25) is 5.95 Å². The zero-order chi connectivity index (χ0) is 11.1. The molecule has 2 heterocycles. The zero-order valence-corrected chi connectivity index (χ0v) is 9.90. The van der Waals surface area contributed by atoms with Crippen molar-refractivity contribution < 1.29 is 0 Å². The van der Waals surface area contributed by atoms with Crippen molar-refractivity contribution in [3.63, 3.8) is 0 Å². The van der Waals surface area contributed by atoms with Gasteiger partial charge in [-0.25, -0.2) is 0 Å². The Morgan fingerprint density at radius 1 is 1.38 bits per heavy atom. The van der Waals surface area contributed by atoms with Crippen LogP contribution in [0.1, 0.15) is 32.0 Å². The third kappa shape index (κ3) is 1.80. The number of nitrogens with zero attached hydrogens (tertiary/aromatic N) is 3. The van der Waals surface area contributed by atoms with Gasteiger partial charge >= 0.3 is 0 Å². The molecule has 0 aromatic carbocycles. The lowest BCUT2D eigenvalue weighted by Crippen LogP contribution is -2.49. The van der Waals surface area contributed by atoms with Gasteiger partial charge in [0.05, 0.1) is 0 Å². The van der Waals surface area contributed by atoms with E-state index in [4.69, 9.17) is 0 Å². The minimum atomic E-state index is 0.524. The summed E-state index contributed by atoms with van der Waals surface area (Å²) in [5.74, 6) is 3.36. The number of aromatic amines is 1. The molecular formula is C11H19N5. The van der Waals surface area contributed by atoms with E-state index in [1.807, 2.05) is 0 Å². The molecule has 0 bridgehead atoms. The van der Waals surface area contributed by atoms with Crippen molar-refractivity contribution in [2.75, 3.05) is 24.5 Å². The molecule has 1 saturated carbocycles. The molecule has 16 heavy (non-hydrogen) atoms. The van der Waals surface area contributed by atoms with Crippen molar-refractivity contribution in [2.24, 2.45) is 5.92 Å². The topological polar surface area (TPSA) is 56.8 Å². The van der Waals surface area contributed by atoms with Gasteiger partial charge in [-0.05, 0) is 19.3 Å². The average Bonchev–Trinajstić information content (AvgIpc) is 2.81. The van der Waals surface area contributed by atoms with Gasteiger partial charge in [-0.1, -0.05) is 6.92 Å². The van der Waals surface area contributed by atoms with Crippen LogP contribution in [-0.4, -0.2) is 40.9 Å². The van der Waals surface area contributed by atoms with E-state index >= 15 is 0 Å². The summed E-state index contributed by atoms with van der Waals surface area (Å²) >= 11 is 0. The van der Waals surface area contributed by atoms with E-state index < -0.39 is 0 Å². The van der Waals surface area contributed by atoms with Crippen LogP contribution in [0.25, 0.3) is 0 Å². The molecule has 1 aromatic heterocycles. The van der Waals surface area contributed by atoms with Gasteiger partial charge in [0.1, 0.15) is 5.82 Å². The molecule has 1 saturated heterocycles. The molecular weight excluding hydrogens is 202 g/mol. The molecule has 0 amide bonds. The standard InChI is InChI=1S/C11H19N5/c1-7-5-9(7)10-13-11(15-14-10)16-4-3-12-8(2)6-16/h7-9,12H,3-6H2,1-2H3,(H,13,14,15). The Morgan fingerprint density at radius 3 is 2.88 bits per heavy atom. The molecule has 2 N–H and O–H groups in total. The number of hydrogen-bond donors (Lipinski definition) is 2. The fourth-order valence-electron chi connectivity index (χ4n) is 2.39. The van der Waals surface area contributed by atoms with Gasteiger partial charge in [-0.2, -0.15) is 4.98 Å². The molecule has 1 aromatic rings. The monoisotopic (exact) mass is 221 g/mol. The SMILES string of the molecule is CC1CN(c2n[nH]c(C3CC3C)n2)CCN1. The summed E-state index contributed by atoms with van der Waals surface area (Å²) in [5, 5.41) is 10.8. The summed E-state index contributed by atoms with van der Waals surface area (Å²) in [5.41, 5.74) is 0. The maximum absolute atomic E-state index is 4.61. The molecule has 3 atom stereocenters. The largest absolute Gasteiger partial charge is 0.337 e. The molecule has 0 radical (unpaired) electrons. The van der Waals surface area contributed by atoms with Crippen LogP contribution in [0, 0.1) is 5.92 Å². The molecule has 0 spiro atoms. The Balaban J connectivity index is 1.71.